The summed E-state index contributed by atoms with van der Waals surface area (Å²) in [6.07, 6.45) is 0. The molecule has 6 heteroatoms. The molecule has 4 heterocycles. The number of hydrogen-bond acceptors (Lipinski definition) is 4. The number of hydrogen-bond donors (Lipinski definition) is 0. The van der Waals surface area contributed by atoms with Crippen molar-refractivity contribution < 1.29 is 41.4 Å². The first-order valence-corrected chi connectivity index (χ1v) is 14.8. The van der Waals surface area contributed by atoms with Crippen LogP contribution < -0.4 is 0 Å². The quantitative estimate of drug-likeness (QED) is 0.186. The molecular weight excluding hydrogens is 627 g/mol. The minimum absolute atomic E-state index is 0.416. The summed E-state index contributed by atoms with van der Waals surface area (Å²) in [5, 5.41) is -3.14. The van der Waals surface area contributed by atoms with Crippen molar-refractivity contribution in [3.05, 3.63) is 163 Å². The molecule has 11 aromatic rings. The van der Waals surface area contributed by atoms with Gasteiger partial charge in [-0.15, -0.1) is 0 Å². The van der Waals surface area contributed by atoms with Crippen molar-refractivity contribution in [3.63, 3.8) is 0 Å². The molecule has 0 unspecified atom stereocenters. The summed E-state index contributed by atoms with van der Waals surface area (Å²) in [7, 11) is 0. The van der Waals surface area contributed by atoms with E-state index in [-0.39, 0.29) is 0 Å². The highest BCUT2D eigenvalue weighted by atomic mass is 16.3. The van der Waals surface area contributed by atoms with E-state index >= 15 is 0 Å². The van der Waals surface area contributed by atoms with Crippen molar-refractivity contribution in [3.8, 4) is 34.4 Å². The van der Waals surface area contributed by atoms with Crippen LogP contribution in [0.15, 0.2) is 168 Å². The van der Waals surface area contributed by atoms with E-state index in [1.807, 2.05) is 0 Å². The van der Waals surface area contributed by atoms with E-state index in [4.69, 9.17) is 27.7 Å². The molecule has 0 N–H and O–H groups in total. The number of aromatic nitrogens is 5. The lowest BCUT2D eigenvalue weighted by Crippen LogP contribution is -2.07. The van der Waals surface area contributed by atoms with Crippen molar-refractivity contribution >= 4 is 65.6 Å². The van der Waals surface area contributed by atoms with Gasteiger partial charge >= 0.3 is 0 Å². The van der Waals surface area contributed by atoms with Gasteiger partial charge < -0.3 is 8.98 Å². The Hall–Kier alpha value is -7.05. The maximum absolute atomic E-state index is 9.65. The summed E-state index contributed by atoms with van der Waals surface area (Å²) in [4.78, 5) is 13.5. The predicted molar refractivity (Wildman–Crippen MR) is 207 cm³/mol. The Labute approximate surface area is 329 Å². The second kappa shape index (κ2) is 10.7. The summed E-state index contributed by atoms with van der Waals surface area (Å²) in [6, 6.07) is -23.8. The molecule has 0 saturated carbocycles. The van der Waals surface area contributed by atoms with Gasteiger partial charge in [0.25, 0.3) is 0 Å². The summed E-state index contributed by atoms with van der Waals surface area (Å²) in [5.41, 5.74) is -5.91. The van der Waals surface area contributed by atoms with Crippen molar-refractivity contribution in [2.45, 2.75) is 0 Å². The van der Waals surface area contributed by atoms with Gasteiger partial charge in [-0.1, -0.05) is 115 Å². The van der Waals surface area contributed by atoms with Crippen LogP contribution in [0.2, 0.25) is 0 Å². The Kier molecular flexibility index (Phi) is 2.60. The number of furan rings is 1. The number of nitrogens with zero attached hydrogens (tertiary/aromatic N) is 5. The van der Waals surface area contributed by atoms with Crippen LogP contribution in [0.1, 0.15) is 37.0 Å². The second-order valence-corrected chi connectivity index (χ2v) is 10.8. The third kappa shape index (κ3) is 4.14. The highest BCUT2D eigenvalue weighted by molar-refractivity contribution is 6.23. The highest BCUT2D eigenvalue weighted by Crippen LogP contribution is 2.41. The topological polar surface area (TPSA) is 61.7 Å². The van der Waals surface area contributed by atoms with Crippen LogP contribution in [-0.2, 0) is 0 Å². The Morgan fingerprint density at radius 2 is 0.961 bits per heavy atom. The van der Waals surface area contributed by atoms with Gasteiger partial charge in [-0.3, -0.25) is 4.57 Å². The first-order chi connectivity index (χ1) is 36.5. The lowest BCUT2D eigenvalue weighted by Gasteiger charge is -2.13. The Bertz CT molecular complexity index is 4660. The predicted octanol–water partition coefficient (Wildman–Crippen LogP) is 11.3. The zero-order chi connectivity index (χ0) is 57.0. The molecule has 0 bridgehead atoms. The lowest BCUT2D eigenvalue weighted by atomic mass is 10.1. The number of benzene rings is 7. The molecule has 0 radical (unpaired) electrons. The molecule has 0 saturated heterocycles. The van der Waals surface area contributed by atoms with Crippen LogP contribution in [-0.4, -0.2) is 24.1 Å². The molecule has 4 aromatic heterocycles. The monoisotopic (exact) mass is 680 g/mol. The number of rotatable bonds is 4. The molecule has 7 aromatic carbocycles. The Balaban J connectivity index is 1.47. The number of para-hydroxylation sites is 4. The molecule has 6 nitrogen and oxygen atoms in total. The fourth-order valence-corrected chi connectivity index (χ4v) is 6.05. The highest BCUT2D eigenvalue weighted by Gasteiger charge is 2.23. The van der Waals surface area contributed by atoms with Gasteiger partial charge in [0.2, 0.25) is 5.95 Å². The van der Waals surface area contributed by atoms with Gasteiger partial charge in [0.05, 0.1) is 59.1 Å². The molecule has 238 valence electrons. The van der Waals surface area contributed by atoms with Crippen molar-refractivity contribution in [2.75, 3.05) is 0 Å². The summed E-state index contributed by atoms with van der Waals surface area (Å²) < 4.78 is 249. The average Bonchev–Trinajstić information content (AvgIpc) is 4.17. The molecule has 0 atom stereocenters. The van der Waals surface area contributed by atoms with E-state index in [0.29, 0.717) is 0 Å². The second-order valence-electron chi connectivity index (χ2n) is 10.8. The first kappa shape index (κ1) is 12.4. The zero-order valence-electron chi connectivity index (χ0n) is 52.1. The van der Waals surface area contributed by atoms with E-state index in [0.717, 1.165) is 9.13 Å². The van der Waals surface area contributed by atoms with Gasteiger partial charge in [0, 0.05) is 49.1 Å². The maximum Gasteiger partial charge on any atom is 0.238 e. The third-order valence-electron chi connectivity index (χ3n) is 8.11. The zero-order valence-corrected chi connectivity index (χ0v) is 25.1. The minimum Gasteiger partial charge on any atom is -0.456 e. The molecule has 51 heavy (non-hydrogen) atoms. The Morgan fingerprint density at radius 1 is 0.412 bits per heavy atom. The summed E-state index contributed by atoms with van der Waals surface area (Å²) in [5.74, 6) is -2.67. The van der Waals surface area contributed by atoms with E-state index in [9.17, 15) is 13.7 Å². The van der Waals surface area contributed by atoms with Crippen LogP contribution in [0, 0.1) is 0 Å². The molecular formula is C45H27N5O. The van der Waals surface area contributed by atoms with Gasteiger partial charge in [-0.2, -0.15) is 9.97 Å². The molecule has 0 aliphatic heterocycles. The van der Waals surface area contributed by atoms with Gasteiger partial charge in [0.15, 0.2) is 11.6 Å². The fourth-order valence-electron chi connectivity index (χ4n) is 6.05. The van der Waals surface area contributed by atoms with Crippen molar-refractivity contribution in [1.82, 2.24) is 24.1 Å². The number of fused-ring (bicyclic) bond motifs is 10. The molecule has 0 aliphatic rings. The molecule has 0 spiro atoms. The van der Waals surface area contributed by atoms with Gasteiger partial charge in [-0.25, -0.2) is 4.98 Å². The standard InChI is InChI=1S/C45H27N5O/c1-3-13-28(14-4-1)43-46-44(29-23-26-40-36(27-29)33-19-9-12-22-39(33)51-40)48-45(47-43)50-38-21-11-8-18-32(38)35-25-24-34-31-17-7-10-20-37(31)49(41(34)42(35)50)30-15-5-2-6-16-30/h1-27H/i1D,2D,3D,4D,5D,6D,7D,8D,9D,10D,11D,12D,13D,14D,15D,16D,17D,18D,19D,20D,21D,22D,23D,24D,25D,26D,27D. The van der Waals surface area contributed by atoms with Crippen LogP contribution in [0.3, 0.4) is 0 Å². The molecule has 11 rings (SSSR count). The van der Waals surface area contributed by atoms with Crippen LogP contribution >= 0.6 is 0 Å². The largest absolute Gasteiger partial charge is 0.456 e. The molecule has 0 fully saturated rings. The van der Waals surface area contributed by atoms with Gasteiger partial charge in [-0.05, 0) is 48.3 Å². The SMILES string of the molecule is [2H]c1c([2H])c([2H])c(-c2nc(-c3c([2H])c([2H])c4oc5c([2H])c([2H])c([2H])c([2H])c5c4c3[2H])nc(-n3c4c([2H])c([2H])c([2H])c([2H])c4c4c([2H])c([2H])c5c6c([2H])c([2H])c([2H])c([2H])c6n(-c6c([2H])c([2H])c([2H])c([2H])c6[2H])c5c43)n2)c([2H])c1[2H]. The molecule has 0 aliphatic carbocycles. The Morgan fingerprint density at radius 3 is 1.69 bits per heavy atom. The summed E-state index contributed by atoms with van der Waals surface area (Å²) >= 11 is 0. The minimum atomic E-state index is -0.969. The van der Waals surface area contributed by atoms with E-state index in [1.165, 1.54) is 0 Å². The maximum atomic E-state index is 9.65. The van der Waals surface area contributed by atoms with Crippen LogP contribution in [0.4, 0.5) is 0 Å². The van der Waals surface area contributed by atoms with E-state index < -0.39 is 263 Å². The smallest absolute Gasteiger partial charge is 0.238 e. The normalized spacial score (nSPS) is 19.3. The van der Waals surface area contributed by atoms with Crippen molar-refractivity contribution in [2.24, 2.45) is 0 Å². The lowest BCUT2D eigenvalue weighted by molar-refractivity contribution is 0.669. The van der Waals surface area contributed by atoms with Crippen LogP contribution in [0.5, 0.6) is 0 Å². The first-order valence-electron chi connectivity index (χ1n) is 28.3. The average molecular weight is 681 g/mol. The molecule has 0 amide bonds. The summed E-state index contributed by atoms with van der Waals surface area (Å²) in [6.45, 7) is 0. The van der Waals surface area contributed by atoms with E-state index in [1.54, 1.807) is 0 Å². The van der Waals surface area contributed by atoms with Crippen LogP contribution in [0.25, 0.3) is 100.0 Å². The fraction of sp³-hybridized carbons (Fsp3) is 0. The van der Waals surface area contributed by atoms with Crippen molar-refractivity contribution in [1.29, 1.82) is 0 Å². The third-order valence-corrected chi connectivity index (χ3v) is 8.11. The van der Waals surface area contributed by atoms with Gasteiger partial charge in [0.1, 0.15) is 11.2 Å². The van der Waals surface area contributed by atoms with E-state index in [2.05, 4.69) is 15.0 Å².